The molecule has 1 amide bonds. The predicted molar refractivity (Wildman–Crippen MR) is 83.1 cm³/mol. The van der Waals surface area contributed by atoms with Gasteiger partial charge in [0, 0.05) is 37.8 Å². The Balaban J connectivity index is 1.87. The Morgan fingerprint density at radius 1 is 1.41 bits per heavy atom. The maximum atomic E-state index is 14.4. The number of nitrogens with two attached hydrogens (primary N) is 1. The molecule has 2 aliphatic rings. The zero-order valence-corrected chi connectivity index (χ0v) is 13.5. The van der Waals surface area contributed by atoms with E-state index in [9.17, 15) is 9.18 Å². The molecule has 0 spiro atoms. The van der Waals surface area contributed by atoms with Crippen molar-refractivity contribution in [2.75, 3.05) is 37.7 Å². The van der Waals surface area contributed by atoms with E-state index in [0.717, 1.165) is 0 Å². The number of carbonyl (C=O) groups is 1. The van der Waals surface area contributed by atoms with Crippen LogP contribution in [0.3, 0.4) is 0 Å². The molecule has 0 bridgehead atoms. The van der Waals surface area contributed by atoms with Crippen LogP contribution in [0.15, 0.2) is 10.5 Å². The number of nitrogens with zero attached hydrogens (tertiary/aromatic N) is 2. The highest BCUT2D eigenvalue weighted by atomic mass is 79.9. The summed E-state index contributed by atoms with van der Waals surface area (Å²) < 4.78 is 20.7. The first kappa shape index (κ1) is 15.4. The second-order valence-corrected chi connectivity index (χ2v) is 6.32. The number of ether oxygens (including phenoxy) is 1. The Kier molecular flexibility index (Phi) is 4.14. The van der Waals surface area contributed by atoms with E-state index in [1.165, 1.54) is 11.0 Å². The summed E-state index contributed by atoms with van der Waals surface area (Å²) in [6.45, 7) is 2.19. The molecule has 8 heteroatoms. The SMILES string of the molecule is N[C@@H]1COc2c(Br)c(N3CCN(C(=O)O)CC3)cc(F)c2C1. The minimum Gasteiger partial charge on any atom is -0.490 e. The molecule has 0 saturated carbocycles. The average molecular weight is 374 g/mol. The molecule has 0 unspecified atom stereocenters. The van der Waals surface area contributed by atoms with Crippen molar-refractivity contribution in [1.29, 1.82) is 0 Å². The van der Waals surface area contributed by atoms with Crippen LogP contribution in [0, 0.1) is 5.82 Å². The fourth-order valence-electron chi connectivity index (χ4n) is 2.85. The number of fused-ring (bicyclic) bond motifs is 1. The van der Waals surface area contributed by atoms with Crippen molar-refractivity contribution in [3.05, 3.63) is 21.9 Å². The van der Waals surface area contributed by atoms with Crippen LogP contribution in [-0.4, -0.2) is 54.9 Å². The van der Waals surface area contributed by atoms with E-state index in [1.807, 2.05) is 4.90 Å². The van der Waals surface area contributed by atoms with E-state index in [4.69, 9.17) is 15.6 Å². The van der Waals surface area contributed by atoms with Crippen LogP contribution in [0.25, 0.3) is 0 Å². The van der Waals surface area contributed by atoms with Gasteiger partial charge in [0.25, 0.3) is 0 Å². The maximum absolute atomic E-state index is 14.4. The van der Waals surface area contributed by atoms with E-state index in [2.05, 4.69) is 15.9 Å². The van der Waals surface area contributed by atoms with Crippen LogP contribution >= 0.6 is 15.9 Å². The van der Waals surface area contributed by atoms with Crippen molar-refractivity contribution in [3.8, 4) is 5.75 Å². The van der Waals surface area contributed by atoms with Gasteiger partial charge in [-0.3, -0.25) is 0 Å². The lowest BCUT2D eigenvalue weighted by Gasteiger charge is -2.36. The summed E-state index contributed by atoms with van der Waals surface area (Å²) in [5.74, 6) is 0.182. The van der Waals surface area contributed by atoms with Gasteiger partial charge in [-0.05, 0) is 28.4 Å². The molecular weight excluding hydrogens is 357 g/mol. The quantitative estimate of drug-likeness (QED) is 0.782. The van der Waals surface area contributed by atoms with Crippen LogP contribution in [-0.2, 0) is 6.42 Å². The zero-order valence-electron chi connectivity index (χ0n) is 11.9. The van der Waals surface area contributed by atoms with Crippen LogP contribution in [0.2, 0.25) is 0 Å². The normalized spacial score (nSPS) is 21.3. The third-order valence-corrected chi connectivity index (χ3v) is 4.82. The standard InChI is InChI=1S/C14H17BrFN3O3/c15-12-11(18-1-3-19(4-2-18)14(20)21)6-10(16)9-5-8(17)7-22-13(9)12/h6,8H,1-5,7,17H2,(H,20,21)/t8-/m0/s1. The molecule has 22 heavy (non-hydrogen) atoms. The van der Waals surface area contributed by atoms with E-state index >= 15 is 0 Å². The smallest absolute Gasteiger partial charge is 0.407 e. The van der Waals surface area contributed by atoms with Gasteiger partial charge in [-0.2, -0.15) is 0 Å². The highest BCUT2D eigenvalue weighted by Gasteiger charge is 2.28. The molecule has 0 aliphatic carbocycles. The van der Waals surface area contributed by atoms with Gasteiger partial charge in [0.2, 0.25) is 0 Å². The molecule has 0 aromatic heterocycles. The van der Waals surface area contributed by atoms with E-state index < -0.39 is 6.09 Å². The minimum absolute atomic E-state index is 0.195. The number of halogens is 2. The summed E-state index contributed by atoms with van der Waals surface area (Å²) in [5.41, 5.74) is 7.00. The summed E-state index contributed by atoms with van der Waals surface area (Å²) in [5, 5.41) is 8.98. The first-order valence-corrected chi connectivity index (χ1v) is 7.88. The van der Waals surface area contributed by atoms with E-state index in [-0.39, 0.29) is 11.9 Å². The van der Waals surface area contributed by atoms with Gasteiger partial charge in [0.1, 0.15) is 18.2 Å². The van der Waals surface area contributed by atoms with E-state index in [1.54, 1.807) is 0 Å². The number of benzene rings is 1. The highest BCUT2D eigenvalue weighted by Crippen LogP contribution is 2.41. The number of carboxylic acid groups (broad SMARTS) is 1. The third-order valence-electron chi connectivity index (χ3n) is 4.05. The van der Waals surface area contributed by atoms with Crippen molar-refractivity contribution in [1.82, 2.24) is 4.90 Å². The van der Waals surface area contributed by atoms with Gasteiger partial charge >= 0.3 is 6.09 Å². The number of hydrogen-bond donors (Lipinski definition) is 2. The van der Waals surface area contributed by atoms with Crippen LogP contribution in [0.4, 0.5) is 14.9 Å². The molecule has 1 aromatic carbocycles. The zero-order chi connectivity index (χ0) is 15.9. The Labute approximate surface area is 135 Å². The number of rotatable bonds is 1. The molecule has 1 atom stereocenters. The molecular formula is C14H17BrFN3O3. The number of anilines is 1. The Morgan fingerprint density at radius 3 is 2.73 bits per heavy atom. The number of amides is 1. The molecule has 120 valence electrons. The monoisotopic (exact) mass is 373 g/mol. The summed E-state index contributed by atoms with van der Waals surface area (Å²) >= 11 is 3.50. The first-order chi connectivity index (χ1) is 10.5. The Hall–Kier alpha value is -1.54. The summed E-state index contributed by atoms with van der Waals surface area (Å²) in [6.07, 6.45) is -0.472. The van der Waals surface area contributed by atoms with Crippen molar-refractivity contribution in [2.45, 2.75) is 12.5 Å². The lowest BCUT2D eigenvalue weighted by Crippen LogP contribution is -2.48. The molecule has 3 rings (SSSR count). The Morgan fingerprint density at radius 2 is 2.09 bits per heavy atom. The Bertz CT molecular complexity index is 605. The van der Waals surface area contributed by atoms with Gasteiger partial charge in [0.15, 0.2) is 0 Å². The van der Waals surface area contributed by atoms with Crippen LogP contribution < -0.4 is 15.4 Å². The fourth-order valence-corrected chi connectivity index (χ4v) is 3.57. The topological polar surface area (TPSA) is 79.0 Å². The second-order valence-electron chi connectivity index (χ2n) is 5.53. The number of piperazine rings is 1. The van der Waals surface area contributed by atoms with Crippen molar-refractivity contribution in [3.63, 3.8) is 0 Å². The van der Waals surface area contributed by atoms with E-state index in [0.29, 0.717) is 60.7 Å². The summed E-state index contributed by atoms with van der Waals surface area (Å²) in [4.78, 5) is 14.3. The van der Waals surface area contributed by atoms with Gasteiger partial charge in [-0.1, -0.05) is 0 Å². The maximum Gasteiger partial charge on any atom is 0.407 e. The fraction of sp³-hybridized carbons (Fsp3) is 0.500. The summed E-state index contributed by atoms with van der Waals surface area (Å²) in [7, 11) is 0. The molecule has 2 heterocycles. The van der Waals surface area contributed by atoms with Crippen LogP contribution in [0.5, 0.6) is 5.75 Å². The van der Waals surface area contributed by atoms with Crippen molar-refractivity contribution in [2.24, 2.45) is 5.73 Å². The molecule has 0 radical (unpaired) electrons. The van der Waals surface area contributed by atoms with Crippen molar-refractivity contribution >= 4 is 27.7 Å². The molecule has 1 fully saturated rings. The largest absolute Gasteiger partial charge is 0.490 e. The van der Waals surface area contributed by atoms with Crippen molar-refractivity contribution < 1.29 is 19.0 Å². The molecule has 1 saturated heterocycles. The van der Waals surface area contributed by atoms with Crippen LogP contribution in [0.1, 0.15) is 5.56 Å². The second kappa shape index (κ2) is 5.92. The lowest BCUT2D eigenvalue weighted by atomic mass is 10.0. The highest BCUT2D eigenvalue weighted by molar-refractivity contribution is 9.10. The predicted octanol–water partition coefficient (Wildman–Crippen LogP) is 1.65. The number of hydrogen-bond acceptors (Lipinski definition) is 4. The lowest BCUT2D eigenvalue weighted by molar-refractivity contribution is 0.142. The molecule has 1 aromatic rings. The average Bonchev–Trinajstić information content (AvgIpc) is 2.51. The minimum atomic E-state index is -0.923. The summed E-state index contributed by atoms with van der Waals surface area (Å²) in [6, 6.07) is 1.28. The van der Waals surface area contributed by atoms with Gasteiger partial charge in [-0.25, -0.2) is 9.18 Å². The van der Waals surface area contributed by atoms with Gasteiger partial charge in [-0.15, -0.1) is 0 Å². The molecule has 6 nitrogen and oxygen atoms in total. The van der Waals surface area contributed by atoms with Gasteiger partial charge in [0.05, 0.1) is 10.2 Å². The first-order valence-electron chi connectivity index (χ1n) is 7.09. The van der Waals surface area contributed by atoms with Gasteiger partial charge < -0.3 is 25.4 Å². The molecule has 3 N–H and O–H groups in total. The third kappa shape index (κ3) is 2.72. The molecule has 2 aliphatic heterocycles.